The zero-order valence-corrected chi connectivity index (χ0v) is 18.6. The van der Waals surface area contributed by atoms with Crippen molar-refractivity contribution in [3.63, 3.8) is 0 Å². The van der Waals surface area contributed by atoms with Gasteiger partial charge in [0.25, 0.3) is 0 Å². The number of para-hydroxylation sites is 1. The molecule has 0 spiro atoms. The first kappa shape index (κ1) is 20.6. The molecular weight excluding hydrogens is 388 g/mol. The minimum absolute atomic E-state index is 0.106. The highest BCUT2D eigenvalue weighted by molar-refractivity contribution is 5.92. The smallest absolute Gasteiger partial charge is 0.304 e. The first-order valence-corrected chi connectivity index (χ1v) is 11.8. The lowest BCUT2D eigenvalue weighted by Crippen LogP contribution is -2.61. The number of ketones is 1. The molecule has 3 fully saturated rings. The van der Waals surface area contributed by atoms with Crippen molar-refractivity contribution in [2.45, 2.75) is 58.8 Å². The molecule has 0 unspecified atom stereocenters. The Morgan fingerprint density at radius 2 is 1.87 bits per heavy atom. The van der Waals surface area contributed by atoms with Crippen molar-refractivity contribution in [1.29, 1.82) is 0 Å². The molecule has 1 aromatic rings. The van der Waals surface area contributed by atoms with Gasteiger partial charge in [0.1, 0.15) is 0 Å². The molecule has 0 radical (unpaired) electrons. The Morgan fingerprint density at radius 3 is 2.68 bits per heavy atom. The quantitative estimate of drug-likeness (QED) is 0.621. The van der Waals surface area contributed by atoms with E-state index in [0.29, 0.717) is 36.1 Å². The van der Waals surface area contributed by atoms with Gasteiger partial charge in [-0.2, -0.15) is 0 Å². The topological polar surface area (TPSA) is 73.5 Å². The molecule has 2 amide bonds. The van der Waals surface area contributed by atoms with E-state index in [4.69, 9.17) is 0 Å². The van der Waals surface area contributed by atoms with Gasteiger partial charge in [0.05, 0.1) is 5.69 Å². The molecule has 4 aliphatic rings. The number of hydrogen-bond donors (Lipinski definition) is 3. The maximum Gasteiger partial charge on any atom is 0.337 e. The standard InChI is InChI=1S/C25H34N4O2/c1-24-12-6-9-20(24)19-16-29(23(31)27-28-26-17-7-4-3-5-8-17)22-15-18(30)10-14-25(22,2)21(19)11-13-24/h3-5,7-8,15,19-21,26,28H,6,9-14,16H2,1-2H3,(H,27,31)/t19-,20-,21-,24-,25+/m0/s1. The zero-order valence-electron chi connectivity index (χ0n) is 18.6. The summed E-state index contributed by atoms with van der Waals surface area (Å²) >= 11 is 0. The molecule has 0 aromatic heterocycles. The summed E-state index contributed by atoms with van der Waals surface area (Å²) in [4.78, 5) is 27.5. The molecule has 2 saturated carbocycles. The normalized spacial score (nSPS) is 36.7. The monoisotopic (exact) mass is 422 g/mol. The SMILES string of the molecule is C[C@@]12CCC[C@H]1[C@@H]1CN(C(=O)NNNc3ccccc3)C3=CC(=O)CC[C@]3(C)[C@H]1CC2. The van der Waals surface area contributed by atoms with E-state index in [1.54, 1.807) is 6.08 Å². The van der Waals surface area contributed by atoms with E-state index < -0.39 is 0 Å². The molecule has 0 bridgehead atoms. The van der Waals surface area contributed by atoms with Gasteiger partial charge in [0, 0.05) is 30.2 Å². The van der Waals surface area contributed by atoms with E-state index in [9.17, 15) is 9.59 Å². The number of urea groups is 1. The third-order valence-electron chi connectivity index (χ3n) is 8.89. The summed E-state index contributed by atoms with van der Waals surface area (Å²) in [5.74, 6) is 1.88. The van der Waals surface area contributed by atoms with Gasteiger partial charge in [-0.3, -0.25) is 15.1 Å². The Balaban J connectivity index is 1.39. The Labute approximate surface area is 184 Å². The first-order chi connectivity index (χ1) is 14.9. The molecule has 1 heterocycles. The molecule has 1 saturated heterocycles. The van der Waals surface area contributed by atoms with Gasteiger partial charge in [-0.25, -0.2) is 4.79 Å². The fourth-order valence-corrected chi connectivity index (χ4v) is 7.24. The summed E-state index contributed by atoms with van der Waals surface area (Å²) in [6, 6.07) is 9.46. The predicted octanol–water partition coefficient (Wildman–Crippen LogP) is 4.63. The van der Waals surface area contributed by atoms with Crippen LogP contribution in [0.2, 0.25) is 0 Å². The van der Waals surface area contributed by atoms with Crippen LogP contribution in [-0.4, -0.2) is 23.3 Å². The van der Waals surface area contributed by atoms with E-state index in [0.717, 1.165) is 17.8 Å². The second-order valence-electron chi connectivity index (χ2n) is 10.5. The van der Waals surface area contributed by atoms with Gasteiger partial charge < -0.3 is 5.43 Å². The van der Waals surface area contributed by atoms with Crippen molar-refractivity contribution in [3.8, 4) is 0 Å². The number of carbonyl (C=O) groups is 2. The van der Waals surface area contributed by atoms with Crippen molar-refractivity contribution in [1.82, 2.24) is 15.9 Å². The predicted molar refractivity (Wildman–Crippen MR) is 121 cm³/mol. The van der Waals surface area contributed by atoms with Gasteiger partial charge in [-0.1, -0.05) is 38.5 Å². The summed E-state index contributed by atoms with van der Waals surface area (Å²) < 4.78 is 0. The molecule has 1 aliphatic heterocycles. The van der Waals surface area contributed by atoms with Crippen LogP contribution < -0.4 is 16.4 Å². The van der Waals surface area contributed by atoms with Crippen molar-refractivity contribution in [2.24, 2.45) is 28.6 Å². The number of rotatable bonds is 3. The molecule has 31 heavy (non-hydrogen) atoms. The summed E-state index contributed by atoms with van der Waals surface area (Å²) in [7, 11) is 0. The lowest BCUT2D eigenvalue weighted by molar-refractivity contribution is -0.118. The molecule has 1 aromatic carbocycles. The van der Waals surface area contributed by atoms with Crippen LogP contribution in [0, 0.1) is 28.6 Å². The second-order valence-corrected chi connectivity index (χ2v) is 10.5. The van der Waals surface area contributed by atoms with E-state index in [1.807, 2.05) is 35.2 Å². The van der Waals surface area contributed by atoms with Gasteiger partial charge in [0.2, 0.25) is 0 Å². The van der Waals surface area contributed by atoms with Crippen LogP contribution in [0.15, 0.2) is 42.1 Å². The molecule has 6 heteroatoms. The Bertz CT molecular complexity index is 900. The van der Waals surface area contributed by atoms with Crippen LogP contribution in [0.25, 0.3) is 0 Å². The van der Waals surface area contributed by atoms with Crippen LogP contribution in [0.4, 0.5) is 10.5 Å². The largest absolute Gasteiger partial charge is 0.337 e. The van der Waals surface area contributed by atoms with Crippen LogP contribution in [0.3, 0.4) is 0 Å². The first-order valence-electron chi connectivity index (χ1n) is 11.8. The third-order valence-corrected chi connectivity index (χ3v) is 8.89. The lowest BCUT2D eigenvalue weighted by Gasteiger charge is -2.59. The summed E-state index contributed by atoms with van der Waals surface area (Å²) in [6.45, 7) is 5.48. The highest BCUT2D eigenvalue weighted by atomic mass is 16.2. The van der Waals surface area contributed by atoms with E-state index in [-0.39, 0.29) is 17.2 Å². The lowest BCUT2D eigenvalue weighted by atomic mass is 9.50. The summed E-state index contributed by atoms with van der Waals surface area (Å²) in [5.41, 5.74) is 10.8. The number of fused-ring (bicyclic) bond motifs is 5. The van der Waals surface area contributed by atoms with Crippen LogP contribution in [0.1, 0.15) is 58.8 Å². The Kier molecular flexibility index (Phi) is 5.08. The molecule has 166 valence electrons. The molecule has 3 N–H and O–H groups in total. The van der Waals surface area contributed by atoms with Crippen LogP contribution in [0.5, 0.6) is 0 Å². The Morgan fingerprint density at radius 1 is 1.06 bits per heavy atom. The van der Waals surface area contributed by atoms with E-state index in [2.05, 4.69) is 30.2 Å². The average Bonchev–Trinajstić information content (AvgIpc) is 3.16. The molecular formula is C25H34N4O2. The average molecular weight is 423 g/mol. The minimum atomic E-state index is -0.195. The fourth-order valence-electron chi connectivity index (χ4n) is 7.24. The molecule has 5 atom stereocenters. The van der Waals surface area contributed by atoms with Gasteiger partial charge >= 0.3 is 6.03 Å². The van der Waals surface area contributed by atoms with Crippen molar-refractivity contribution >= 4 is 17.5 Å². The molecule has 3 aliphatic carbocycles. The number of nitrogens with one attached hydrogen (secondary N) is 3. The number of carbonyl (C=O) groups excluding carboxylic acids is 2. The number of likely N-dealkylation sites (tertiary alicyclic amines) is 1. The van der Waals surface area contributed by atoms with Crippen LogP contribution in [-0.2, 0) is 4.79 Å². The van der Waals surface area contributed by atoms with Crippen molar-refractivity contribution in [3.05, 3.63) is 42.1 Å². The van der Waals surface area contributed by atoms with Gasteiger partial charge in [-0.05, 0) is 67.4 Å². The zero-order chi connectivity index (χ0) is 21.6. The fraction of sp³-hybridized carbons (Fsp3) is 0.600. The van der Waals surface area contributed by atoms with Crippen molar-refractivity contribution < 1.29 is 9.59 Å². The van der Waals surface area contributed by atoms with Crippen molar-refractivity contribution in [2.75, 3.05) is 12.0 Å². The summed E-state index contributed by atoms with van der Waals surface area (Å²) in [6.07, 6.45) is 9.58. The second kappa shape index (κ2) is 7.66. The Hall–Kier alpha value is -2.34. The highest BCUT2D eigenvalue weighted by Crippen LogP contribution is 2.63. The number of piperidine rings is 1. The van der Waals surface area contributed by atoms with Gasteiger partial charge in [0.15, 0.2) is 5.78 Å². The highest BCUT2D eigenvalue weighted by Gasteiger charge is 2.58. The number of hydrogen-bond acceptors (Lipinski definition) is 4. The number of anilines is 1. The van der Waals surface area contributed by atoms with E-state index >= 15 is 0 Å². The number of benzene rings is 1. The number of nitrogens with zero attached hydrogens (tertiary/aromatic N) is 1. The maximum atomic E-state index is 13.3. The molecule has 5 rings (SSSR count). The third kappa shape index (κ3) is 3.45. The maximum absolute atomic E-state index is 13.3. The van der Waals surface area contributed by atoms with Gasteiger partial charge in [-0.15, -0.1) is 5.53 Å². The molecule has 6 nitrogen and oxygen atoms in total. The van der Waals surface area contributed by atoms with Crippen LogP contribution >= 0.6 is 0 Å². The van der Waals surface area contributed by atoms with E-state index in [1.165, 1.54) is 32.1 Å². The number of hydrazine groups is 2. The minimum Gasteiger partial charge on any atom is -0.304 e. The number of allylic oxidation sites excluding steroid dienone is 2. The number of amides is 2. The summed E-state index contributed by atoms with van der Waals surface area (Å²) in [5, 5.41) is 0.